The summed E-state index contributed by atoms with van der Waals surface area (Å²) in [6.45, 7) is 4.53. The summed E-state index contributed by atoms with van der Waals surface area (Å²) in [6, 6.07) is 4.55. The van der Waals surface area contributed by atoms with Gasteiger partial charge in [0, 0.05) is 19.1 Å². The van der Waals surface area contributed by atoms with Crippen LogP contribution < -0.4 is 5.32 Å². The Labute approximate surface area is 151 Å². The van der Waals surface area contributed by atoms with Crippen molar-refractivity contribution in [3.8, 4) is 0 Å². The number of halogens is 2. The molecule has 0 radical (unpaired) electrons. The summed E-state index contributed by atoms with van der Waals surface area (Å²) in [4.78, 5) is 24.5. The molecule has 2 unspecified atom stereocenters. The first kappa shape index (κ1) is 19.0. The maximum Gasteiger partial charge on any atom is 0.333 e. The molecule has 2 N–H and O–H groups in total. The lowest BCUT2D eigenvalue weighted by molar-refractivity contribution is -0.148. The third-order valence-corrected chi connectivity index (χ3v) is 5.42. The Bertz CT molecular complexity index is 631. The molecule has 0 aliphatic carbocycles. The first-order valence-electron chi connectivity index (χ1n) is 7.84. The molecule has 1 saturated heterocycles. The molecule has 132 valence electrons. The van der Waals surface area contributed by atoms with Crippen LogP contribution in [0.2, 0.25) is 10.0 Å². The normalized spacial score (nSPS) is 19.3. The molecule has 5 nitrogen and oxygen atoms in total. The van der Waals surface area contributed by atoms with Crippen molar-refractivity contribution in [1.82, 2.24) is 5.32 Å². The van der Waals surface area contributed by atoms with E-state index in [1.807, 2.05) is 6.92 Å². The maximum absolute atomic E-state index is 12.6. The molecule has 1 aromatic rings. The number of carboxylic acids is 1. The summed E-state index contributed by atoms with van der Waals surface area (Å²) in [5, 5.41) is 12.9. The molecular formula is C17H21Cl2NO4. The van der Waals surface area contributed by atoms with Gasteiger partial charge in [-0.25, -0.2) is 4.79 Å². The number of benzene rings is 1. The van der Waals surface area contributed by atoms with Crippen molar-refractivity contribution in [2.75, 3.05) is 13.2 Å². The quantitative estimate of drug-likeness (QED) is 0.828. The third kappa shape index (κ3) is 4.02. The van der Waals surface area contributed by atoms with Crippen molar-refractivity contribution in [3.05, 3.63) is 33.8 Å². The van der Waals surface area contributed by atoms with Gasteiger partial charge in [0.2, 0.25) is 5.91 Å². The summed E-state index contributed by atoms with van der Waals surface area (Å²) in [5.74, 6) is -1.56. The number of carbonyl (C=O) groups is 2. The lowest BCUT2D eigenvalue weighted by Gasteiger charge is -2.32. The van der Waals surface area contributed by atoms with Crippen molar-refractivity contribution in [2.45, 2.75) is 32.2 Å². The van der Waals surface area contributed by atoms with Crippen LogP contribution in [0.3, 0.4) is 0 Å². The average molecular weight is 374 g/mol. The van der Waals surface area contributed by atoms with Crippen LogP contribution in [0.1, 0.15) is 32.3 Å². The minimum absolute atomic E-state index is 0.186. The van der Waals surface area contributed by atoms with E-state index in [1.165, 1.54) is 19.1 Å². The summed E-state index contributed by atoms with van der Waals surface area (Å²) in [5.41, 5.74) is -1.21. The van der Waals surface area contributed by atoms with Crippen molar-refractivity contribution in [2.24, 2.45) is 11.8 Å². The van der Waals surface area contributed by atoms with E-state index in [-0.39, 0.29) is 22.8 Å². The van der Waals surface area contributed by atoms with Gasteiger partial charge in [-0.2, -0.15) is 0 Å². The fourth-order valence-electron chi connectivity index (χ4n) is 2.85. The van der Waals surface area contributed by atoms with E-state index in [2.05, 4.69) is 5.32 Å². The van der Waals surface area contributed by atoms with Gasteiger partial charge in [0.1, 0.15) is 0 Å². The van der Waals surface area contributed by atoms with E-state index in [1.54, 1.807) is 6.07 Å². The number of hydrogen-bond acceptors (Lipinski definition) is 3. The van der Waals surface area contributed by atoms with Crippen LogP contribution in [0, 0.1) is 11.8 Å². The maximum atomic E-state index is 12.6. The fourth-order valence-corrected chi connectivity index (χ4v) is 3.14. The minimum Gasteiger partial charge on any atom is -0.479 e. The highest BCUT2D eigenvalue weighted by Gasteiger charge is 2.39. The first-order chi connectivity index (χ1) is 11.3. The number of hydrogen-bond donors (Lipinski definition) is 2. The summed E-state index contributed by atoms with van der Waals surface area (Å²) >= 11 is 11.9. The number of amides is 1. The number of nitrogens with one attached hydrogen (secondary N) is 1. The highest BCUT2D eigenvalue weighted by molar-refractivity contribution is 6.42. The minimum atomic E-state index is -1.58. The largest absolute Gasteiger partial charge is 0.479 e. The van der Waals surface area contributed by atoms with Crippen molar-refractivity contribution >= 4 is 35.1 Å². The lowest BCUT2D eigenvalue weighted by Crippen LogP contribution is -2.52. The van der Waals surface area contributed by atoms with E-state index < -0.39 is 11.5 Å². The van der Waals surface area contributed by atoms with Gasteiger partial charge in [0.15, 0.2) is 5.54 Å². The van der Waals surface area contributed by atoms with E-state index in [0.717, 1.165) is 12.8 Å². The number of aliphatic carboxylic acids is 1. The summed E-state index contributed by atoms with van der Waals surface area (Å²) in [6.07, 6.45) is 1.59. The molecule has 1 aliphatic heterocycles. The number of rotatable bonds is 5. The molecule has 0 bridgehead atoms. The Morgan fingerprint density at radius 1 is 1.29 bits per heavy atom. The van der Waals surface area contributed by atoms with Crippen LogP contribution in [0.25, 0.3) is 0 Å². The van der Waals surface area contributed by atoms with Crippen LogP contribution in [0.15, 0.2) is 18.2 Å². The van der Waals surface area contributed by atoms with Gasteiger partial charge in [0.05, 0.1) is 10.0 Å². The Morgan fingerprint density at radius 2 is 1.92 bits per heavy atom. The topological polar surface area (TPSA) is 75.6 Å². The predicted octanol–water partition coefficient (Wildman–Crippen LogP) is 3.47. The molecule has 24 heavy (non-hydrogen) atoms. The molecule has 1 amide bonds. The number of ether oxygens (including phenoxy) is 1. The zero-order chi connectivity index (χ0) is 17.9. The molecule has 2 atom stereocenters. The van der Waals surface area contributed by atoms with E-state index in [0.29, 0.717) is 23.8 Å². The second-order valence-electron chi connectivity index (χ2n) is 6.29. The molecule has 0 aromatic heterocycles. The van der Waals surface area contributed by atoms with Gasteiger partial charge in [-0.1, -0.05) is 36.2 Å². The third-order valence-electron chi connectivity index (χ3n) is 4.68. The van der Waals surface area contributed by atoms with Gasteiger partial charge in [-0.15, -0.1) is 0 Å². The molecule has 1 heterocycles. The zero-order valence-electron chi connectivity index (χ0n) is 13.6. The molecule has 0 saturated carbocycles. The number of carboxylic acid groups (broad SMARTS) is 1. The summed E-state index contributed by atoms with van der Waals surface area (Å²) in [7, 11) is 0. The van der Waals surface area contributed by atoms with Crippen LogP contribution in [0.5, 0.6) is 0 Å². The van der Waals surface area contributed by atoms with Crippen LogP contribution in [-0.4, -0.2) is 30.2 Å². The first-order valence-corrected chi connectivity index (χ1v) is 8.60. The second-order valence-corrected chi connectivity index (χ2v) is 7.10. The van der Waals surface area contributed by atoms with E-state index in [9.17, 15) is 14.7 Å². The molecule has 1 aromatic carbocycles. The SMILES string of the molecule is CC(C(=O)NC(C)(C(=O)O)c1ccc(Cl)c(Cl)c1)C1CCOCC1. The van der Waals surface area contributed by atoms with Gasteiger partial charge in [-0.05, 0) is 43.4 Å². The number of carbonyl (C=O) groups excluding carboxylic acids is 1. The molecule has 1 fully saturated rings. The van der Waals surface area contributed by atoms with Crippen LogP contribution >= 0.6 is 23.2 Å². The van der Waals surface area contributed by atoms with Crippen molar-refractivity contribution in [1.29, 1.82) is 0 Å². The van der Waals surface area contributed by atoms with Crippen LogP contribution in [0.4, 0.5) is 0 Å². The molecule has 7 heteroatoms. The van der Waals surface area contributed by atoms with E-state index >= 15 is 0 Å². The Balaban J connectivity index is 2.21. The second kappa shape index (κ2) is 7.72. The molecule has 0 spiro atoms. The monoisotopic (exact) mass is 373 g/mol. The molecule has 2 rings (SSSR count). The standard InChI is InChI=1S/C17H21Cl2NO4/c1-10(11-5-7-24-8-6-11)15(21)20-17(2,16(22)23)12-3-4-13(18)14(19)9-12/h3-4,9-11H,5-8H2,1-2H3,(H,20,21)(H,22,23). The summed E-state index contributed by atoms with van der Waals surface area (Å²) < 4.78 is 5.31. The molecule has 1 aliphatic rings. The molecular weight excluding hydrogens is 353 g/mol. The Morgan fingerprint density at radius 3 is 2.46 bits per heavy atom. The van der Waals surface area contributed by atoms with Gasteiger partial charge < -0.3 is 15.2 Å². The Kier molecular flexibility index (Phi) is 6.12. The van der Waals surface area contributed by atoms with Crippen LogP contribution in [-0.2, 0) is 19.9 Å². The van der Waals surface area contributed by atoms with Crippen molar-refractivity contribution < 1.29 is 19.4 Å². The predicted molar refractivity (Wildman–Crippen MR) is 92.3 cm³/mol. The van der Waals surface area contributed by atoms with Gasteiger partial charge in [-0.3, -0.25) is 4.79 Å². The zero-order valence-corrected chi connectivity index (χ0v) is 15.2. The van der Waals surface area contributed by atoms with E-state index in [4.69, 9.17) is 27.9 Å². The highest BCUT2D eigenvalue weighted by Crippen LogP contribution is 2.30. The fraction of sp³-hybridized carbons (Fsp3) is 0.529. The van der Waals surface area contributed by atoms with Gasteiger partial charge >= 0.3 is 5.97 Å². The Hall–Kier alpha value is -1.30. The average Bonchev–Trinajstić information content (AvgIpc) is 2.57. The smallest absolute Gasteiger partial charge is 0.333 e. The van der Waals surface area contributed by atoms with Crippen molar-refractivity contribution in [3.63, 3.8) is 0 Å². The van der Waals surface area contributed by atoms with Gasteiger partial charge in [0.25, 0.3) is 0 Å². The highest BCUT2D eigenvalue weighted by atomic mass is 35.5. The lowest BCUT2D eigenvalue weighted by atomic mass is 9.85.